The number of carbonyl (C=O) groups is 1. The van der Waals surface area contributed by atoms with Gasteiger partial charge < -0.3 is 0 Å². The zero-order chi connectivity index (χ0) is 13.3. The molecular weight excluding hydrogens is 327 g/mol. The summed E-state index contributed by atoms with van der Waals surface area (Å²) in [6.45, 7) is 0. The van der Waals surface area contributed by atoms with E-state index in [1.165, 1.54) is 18.3 Å². The first-order valence-electron chi connectivity index (χ1n) is 4.80. The second kappa shape index (κ2) is 5.12. The maximum atomic E-state index is 13.6. The third kappa shape index (κ3) is 2.57. The first-order chi connectivity index (χ1) is 8.49. The van der Waals surface area contributed by atoms with E-state index >= 15 is 0 Å². The van der Waals surface area contributed by atoms with Gasteiger partial charge in [0.1, 0.15) is 16.8 Å². The van der Waals surface area contributed by atoms with E-state index in [9.17, 15) is 13.6 Å². The average Bonchev–Trinajstić information content (AvgIpc) is 2.34. The fraction of sp³-hybridized carbons (Fsp3) is 0. The molecule has 2 nitrogen and oxygen atoms in total. The summed E-state index contributed by atoms with van der Waals surface area (Å²) in [6, 6.07) is 4.56. The molecule has 0 fully saturated rings. The van der Waals surface area contributed by atoms with Crippen LogP contribution in [0.15, 0.2) is 34.9 Å². The molecular formula is C12H5BrClF2NO. The van der Waals surface area contributed by atoms with E-state index in [1.54, 1.807) is 0 Å². The number of rotatable bonds is 2. The highest BCUT2D eigenvalue weighted by molar-refractivity contribution is 9.10. The van der Waals surface area contributed by atoms with Crippen molar-refractivity contribution in [1.82, 2.24) is 4.98 Å². The van der Waals surface area contributed by atoms with E-state index in [0.29, 0.717) is 0 Å². The number of ketones is 1. The summed E-state index contributed by atoms with van der Waals surface area (Å²) in [5, 5.41) is 0.217. The molecule has 0 aliphatic carbocycles. The molecule has 2 rings (SSSR count). The van der Waals surface area contributed by atoms with Gasteiger partial charge in [0.25, 0.3) is 0 Å². The van der Waals surface area contributed by atoms with Crippen LogP contribution < -0.4 is 0 Å². The molecule has 0 saturated carbocycles. The molecule has 0 N–H and O–H groups in total. The topological polar surface area (TPSA) is 30.0 Å². The first-order valence-corrected chi connectivity index (χ1v) is 5.97. The van der Waals surface area contributed by atoms with E-state index in [2.05, 4.69) is 20.9 Å². The van der Waals surface area contributed by atoms with Crippen molar-refractivity contribution >= 4 is 33.3 Å². The lowest BCUT2D eigenvalue weighted by Gasteiger charge is -2.04. The van der Waals surface area contributed by atoms with Crippen molar-refractivity contribution in [1.29, 1.82) is 0 Å². The molecule has 1 heterocycles. The Hall–Kier alpha value is -1.33. The number of benzene rings is 1. The van der Waals surface area contributed by atoms with Crippen molar-refractivity contribution in [3.63, 3.8) is 0 Å². The van der Waals surface area contributed by atoms with Gasteiger partial charge in [-0.15, -0.1) is 0 Å². The summed E-state index contributed by atoms with van der Waals surface area (Å²) in [4.78, 5) is 15.7. The molecule has 0 bridgehead atoms. The maximum absolute atomic E-state index is 13.6. The van der Waals surface area contributed by atoms with Crippen LogP contribution in [-0.2, 0) is 0 Å². The van der Waals surface area contributed by atoms with Gasteiger partial charge in [-0.1, -0.05) is 11.6 Å². The molecule has 0 amide bonds. The molecule has 2 aromatic rings. The van der Waals surface area contributed by atoms with Gasteiger partial charge in [0.05, 0.1) is 10.0 Å². The predicted molar refractivity (Wildman–Crippen MR) is 66.7 cm³/mol. The molecule has 6 heteroatoms. The Labute approximate surface area is 115 Å². The van der Waals surface area contributed by atoms with Crippen molar-refractivity contribution in [2.75, 3.05) is 0 Å². The molecule has 0 atom stereocenters. The minimum absolute atomic E-state index is 0.0363. The predicted octanol–water partition coefficient (Wildman–Crippen LogP) is 4.01. The Bertz CT molecular complexity index is 616. The number of hydrogen-bond acceptors (Lipinski definition) is 2. The van der Waals surface area contributed by atoms with Gasteiger partial charge in [0, 0.05) is 11.8 Å². The Kier molecular flexibility index (Phi) is 3.73. The van der Waals surface area contributed by atoms with Gasteiger partial charge in [-0.2, -0.15) is 0 Å². The Balaban J connectivity index is 2.46. The summed E-state index contributed by atoms with van der Waals surface area (Å²) in [6.07, 6.45) is 1.21. The van der Waals surface area contributed by atoms with Crippen molar-refractivity contribution < 1.29 is 13.6 Å². The van der Waals surface area contributed by atoms with Crippen molar-refractivity contribution in [2.45, 2.75) is 0 Å². The molecule has 0 unspecified atom stereocenters. The normalized spacial score (nSPS) is 10.4. The summed E-state index contributed by atoms with van der Waals surface area (Å²) in [7, 11) is 0. The Morgan fingerprint density at radius 2 is 1.94 bits per heavy atom. The summed E-state index contributed by atoms with van der Waals surface area (Å²) in [5.41, 5.74) is -0.208. The number of hydrogen-bond donors (Lipinski definition) is 0. The van der Waals surface area contributed by atoms with E-state index in [4.69, 9.17) is 11.6 Å². The molecule has 0 aliphatic heterocycles. The Morgan fingerprint density at radius 3 is 2.56 bits per heavy atom. The van der Waals surface area contributed by atoms with Crippen LogP contribution in [0.25, 0.3) is 0 Å². The maximum Gasteiger partial charge on any atom is 0.197 e. The van der Waals surface area contributed by atoms with Crippen LogP contribution in [0.2, 0.25) is 5.15 Å². The minimum Gasteiger partial charge on any atom is -0.288 e. The van der Waals surface area contributed by atoms with Gasteiger partial charge in [-0.25, -0.2) is 13.8 Å². The highest BCUT2D eigenvalue weighted by Gasteiger charge is 2.17. The zero-order valence-electron chi connectivity index (χ0n) is 8.75. The summed E-state index contributed by atoms with van der Waals surface area (Å²) < 4.78 is 26.8. The van der Waals surface area contributed by atoms with Gasteiger partial charge in [-0.3, -0.25) is 4.79 Å². The van der Waals surface area contributed by atoms with Gasteiger partial charge >= 0.3 is 0 Å². The fourth-order valence-electron chi connectivity index (χ4n) is 1.36. The lowest BCUT2D eigenvalue weighted by molar-refractivity contribution is 0.103. The van der Waals surface area contributed by atoms with Gasteiger partial charge in [0.2, 0.25) is 0 Å². The number of aromatic nitrogens is 1. The van der Waals surface area contributed by atoms with Crippen LogP contribution in [-0.4, -0.2) is 10.8 Å². The monoisotopic (exact) mass is 331 g/mol. The molecule has 0 saturated heterocycles. The van der Waals surface area contributed by atoms with Crippen LogP contribution in [0.1, 0.15) is 15.9 Å². The van der Waals surface area contributed by atoms with Gasteiger partial charge in [0.15, 0.2) is 5.78 Å². The Morgan fingerprint density at radius 1 is 1.22 bits per heavy atom. The second-order valence-corrected chi connectivity index (χ2v) is 4.69. The highest BCUT2D eigenvalue weighted by Crippen LogP contribution is 2.22. The third-order valence-electron chi connectivity index (χ3n) is 2.24. The van der Waals surface area contributed by atoms with Crippen LogP contribution in [0.5, 0.6) is 0 Å². The van der Waals surface area contributed by atoms with Crippen LogP contribution in [0, 0.1) is 11.6 Å². The lowest BCUT2D eigenvalue weighted by atomic mass is 10.0. The van der Waals surface area contributed by atoms with Gasteiger partial charge in [-0.05, 0) is 40.2 Å². The summed E-state index contributed by atoms with van der Waals surface area (Å²) in [5.74, 6) is -2.16. The van der Waals surface area contributed by atoms with Crippen LogP contribution in [0.3, 0.4) is 0 Å². The van der Waals surface area contributed by atoms with Crippen LogP contribution >= 0.6 is 27.5 Å². The lowest BCUT2D eigenvalue weighted by Crippen LogP contribution is -2.05. The average molecular weight is 333 g/mol. The number of nitrogens with zero attached hydrogens (tertiary/aromatic N) is 1. The van der Waals surface area contributed by atoms with E-state index in [-0.39, 0.29) is 20.8 Å². The SMILES string of the molecule is O=C(c1ccc(Cl)nc1)c1cc(F)c(Br)cc1F. The van der Waals surface area contributed by atoms with E-state index < -0.39 is 17.4 Å². The number of pyridine rings is 1. The fourth-order valence-corrected chi connectivity index (χ4v) is 1.79. The minimum atomic E-state index is -0.803. The molecule has 0 spiro atoms. The molecule has 1 aromatic carbocycles. The smallest absolute Gasteiger partial charge is 0.197 e. The third-order valence-corrected chi connectivity index (χ3v) is 3.08. The van der Waals surface area contributed by atoms with Crippen molar-refractivity contribution in [2.24, 2.45) is 0 Å². The van der Waals surface area contributed by atoms with E-state index in [0.717, 1.165) is 12.1 Å². The number of halogens is 4. The summed E-state index contributed by atoms with van der Waals surface area (Å²) >= 11 is 8.42. The van der Waals surface area contributed by atoms with Crippen molar-refractivity contribution in [3.05, 3.63) is 62.8 Å². The van der Waals surface area contributed by atoms with Crippen molar-refractivity contribution in [3.8, 4) is 0 Å². The molecule has 18 heavy (non-hydrogen) atoms. The molecule has 0 radical (unpaired) electrons. The first kappa shape index (κ1) is 13.1. The second-order valence-electron chi connectivity index (χ2n) is 3.44. The number of carbonyl (C=O) groups excluding carboxylic acids is 1. The van der Waals surface area contributed by atoms with Crippen LogP contribution in [0.4, 0.5) is 8.78 Å². The highest BCUT2D eigenvalue weighted by atomic mass is 79.9. The zero-order valence-corrected chi connectivity index (χ0v) is 11.1. The molecule has 0 aliphatic rings. The molecule has 1 aromatic heterocycles. The van der Waals surface area contributed by atoms with E-state index in [1.807, 2.05) is 0 Å². The standard InChI is InChI=1S/C12H5BrClF2NO/c13-8-4-9(15)7(3-10(8)16)12(18)6-1-2-11(14)17-5-6/h1-5H. The molecule has 92 valence electrons. The largest absolute Gasteiger partial charge is 0.288 e. The quantitative estimate of drug-likeness (QED) is 0.472.